The fourth-order valence-electron chi connectivity index (χ4n) is 3.44. The zero-order valence-electron chi connectivity index (χ0n) is 12.9. The Hall–Kier alpha value is -1.10. The molecule has 2 fully saturated rings. The molecule has 1 saturated heterocycles. The van der Waals surface area contributed by atoms with Crippen molar-refractivity contribution in [1.82, 2.24) is 10.2 Å². The Morgan fingerprint density at radius 2 is 1.90 bits per heavy atom. The monoisotopic (exact) mass is 281 g/mol. The molecule has 1 heterocycles. The summed E-state index contributed by atoms with van der Waals surface area (Å²) in [6, 6.07) is -0.238. The third-order valence-corrected chi connectivity index (χ3v) is 4.90. The molecular weight excluding hydrogens is 254 g/mol. The van der Waals surface area contributed by atoms with Crippen LogP contribution < -0.4 is 11.1 Å². The fraction of sp³-hybridized carbons (Fsp3) is 0.867. The Kier molecular flexibility index (Phi) is 4.09. The third kappa shape index (κ3) is 2.68. The SMILES string of the molecule is CC(C)(C)C1CCC2(CC1)NC(=O)N(CCCN)C2=O. The number of urea groups is 1. The van der Waals surface area contributed by atoms with Crippen molar-refractivity contribution in [1.29, 1.82) is 0 Å². The zero-order valence-corrected chi connectivity index (χ0v) is 12.9. The summed E-state index contributed by atoms with van der Waals surface area (Å²) < 4.78 is 0. The number of rotatable bonds is 3. The van der Waals surface area contributed by atoms with Crippen LogP contribution >= 0.6 is 0 Å². The second-order valence-corrected chi connectivity index (χ2v) is 7.25. The van der Waals surface area contributed by atoms with Gasteiger partial charge in [-0.2, -0.15) is 0 Å². The van der Waals surface area contributed by atoms with Gasteiger partial charge in [-0.3, -0.25) is 9.69 Å². The van der Waals surface area contributed by atoms with Crippen LogP contribution in [0.4, 0.5) is 4.79 Å². The van der Waals surface area contributed by atoms with E-state index in [0.29, 0.717) is 25.4 Å². The molecule has 1 saturated carbocycles. The van der Waals surface area contributed by atoms with Crippen LogP contribution in [0.15, 0.2) is 0 Å². The van der Waals surface area contributed by atoms with Crippen molar-refractivity contribution in [3.05, 3.63) is 0 Å². The average Bonchev–Trinajstić information content (AvgIpc) is 2.59. The summed E-state index contributed by atoms with van der Waals surface area (Å²) in [5, 5.41) is 2.95. The molecule has 0 atom stereocenters. The van der Waals surface area contributed by atoms with Gasteiger partial charge in [-0.1, -0.05) is 20.8 Å². The van der Waals surface area contributed by atoms with Crippen LogP contribution in [0, 0.1) is 11.3 Å². The lowest BCUT2D eigenvalue weighted by Gasteiger charge is -2.40. The topological polar surface area (TPSA) is 75.4 Å². The molecule has 5 nitrogen and oxygen atoms in total. The lowest BCUT2D eigenvalue weighted by atomic mass is 9.67. The van der Waals surface area contributed by atoms with E-state index >= 15 is 0 Å². The number of carbonyl (C=O) groups excluding carboxylic acids is 2. The molecule has 0 radical (unpaired) electrons. The highest BCUT2D eigenvalue weighted by Crippen LogP contribution is 2.43. The van der Waals surface area contributed by atoms with Gasteiger partial charge in [0.15, 0.2) is 0 Å². The van der Waals surface area contributed by atoms with E-state index in [1.165, 1.54) is 4.90 Å². The lowest BCUT2D eigenvalue weighted by Crippen LogP contribution is -2.50. The predicted molar refractivity (Wildman–Crippen MR) is 78.1 cm³/mol. The van der Waals surface area contributed by atoms with Gasteiger partial charge in [0.05, 0.1) is 0 Å². The van der Waals surface area contributed by atoms with Gasteiger partial charge in [0.2, 0.25) is 0 Å². The van der Waals surface area contributed by atoms with Crippen molar-refractivity contribution in [3.8, 4) is 0 Å². The van der Waals surface area contributed by atoms with Crippen molar-refractivity contribution < 1.29 is 9.59 Å². The van der Waals surface area contributed by atoms with E-state index in [0.717, 1.165) is 25.7 Å². The van der Waals surface area contributed by atoms with Crippen LogP contribution in [0.3, 0.4) is 0 Å². The summed E-state index contributed by atoms with van der Waals surface area (Å²) in [7, 11) is 0. The zero-order chi connectivity index (χ0) is 15.0. The van der Waals surface area contributed by atoms with E-state index in [9.17, 15) is 9.59 Å². The van der Waals surface area contributed by atoms with Gasteiger partial charge in [0.1, 0.15) is 5.54 Å². The van der Waals surface area contributed by atoms with Crippen molar-refractivity contribution >= 4 is 11.9 Å². The molecule has 0 aromatic heterocycles. The smallest absolute Gasteiger partial charge is 0.325 e. The first kappa shape index (κ1) is 15.3. The second kappa shape index (κ2) is 5.35. The maximum Gasteiger partial charge on any atom is 0.325 e. The first-order valence-electron chi connectivity index (χ1n) is 7.64. The largest absolute Gasteiger partial charge is 0.330 e. The highest BCUT2D eigenvalue weighted by atomic mass is 16.2. The van der Waals surface area contributed by atoms with E-state index in [1.54, 1.807) is 0 Å². The van der Waals surface area contributed by atoms with Crippen LogP contribution in [0.2, 0.25) is 0 Å². The highest BCUT2D eigenvalue weighted by Gasteiger charge is 2.52. The molecule has 3 N–H and O–H groups in total. The summed E-state index contributed by atoms with van der Waals surface area (Å²) in [6.07, 6.45) is 4.19. The van der Waals surface area contributed by atoms with E-state index in [-0.39, 0.29) is 17.4 Å². The molecule has 20 heavy (non-hydrogen) atoms. The molecule has 5 heteroatoms. The van der Waals surface area contributed by atoms with Crippen LogP contribution in [0.1, 0.15) is 52.9 Å². The van der Waals surface area contributed by atoms with E-state index in [2.05, 4.69) is 26.1 Å². The van der Waals surface area contributed by atoms with Gasteiger partial charge >= 0.3 is 6.03 Å². The van der Waals surface area contributed by atoms with Gasteiger partial charge < -0.3 is 11.1 Å². The molecule has 2 aliphatic rings. The Morgan fingerprint density at radius 1 is 1.30 bits per heavy atom. The van der Waals surface area contributed by atoms with Crippen molar-refractivity contribution in [2.75, 3.05) is 13.1 Å². The first-order chi connectivity index (χ1) is 9.30. The van der Waals surface area contributed by atoms with E-state index in [1.807, 2.05) is 0 Å². The number of carbonyl (C=O) groups is 2. The van der Waals surface area contributed by atoms with Crippen LogP contribution in [-0.2, 0) is 4.79 Å². The summed E-state index contributed by atoms with van der Waals surface area (Å²) in [6.45, 7) is 7.68. The summed E-state index contributed by atoms with van der Waals surface area (Å²) in [5.74, 6) is 0.583. The highest BCUT2D eigenvalue weighted by molar-refractivity contribution is 6.07. The third-order valence-electron chi connectivity index (χ3n) is 4.90. The van der Waals surface area contributed by atoms with Gasteiger partial charge in [-0.05, 0) is 50.0 Å². The van der Waals surface area contributed by atoms with Gasteiger partial charge in [-0.15, -0.1) is 0 Å². The summed E-state index contributed by atoms with van der Waals surface area (Å²) >= 11 is 0. The van der Waals surface area contributed by atoms with Crippen molar-refractivity contribution in [3.63, 3.8) is 0 Å². The molecule has 1 aliphatic carbocycles. The molecule has 0 bridgehead atoms. The number of nitrogens with two attached hydrogens (primary N) is 1. The van der Waals surface area contributed by atoms with Crippen LogP contribution in [0.5, 0.6) is 0 Å². The Morgan fingerprint density at radius 3 is 2.40 bits per heavy atom. The average molecular weight is 281 g/mol. The quantitative estimate of drug-likeness (QED) is 0.775. The van der Waals surface area contributed by atoms with Crippen LogP contribution in [-0.4, -0.2) is 35.5 Å². The fourth-order valence-corrected chi connectivity index (χ4v) is 3.44. The Labute approximate surface area is 121 Å². The molecule has 0 unspecified atom stereocenters. The number of imide groups is 1. The maximum atomic E-state index is 12.6. The van der Waals surface area contributed by atoms with E-state index < -0.39 is 5.54 Å². The molecule has 114 valence electrons. The molecular formula is C15H27N3O2. The second-order valence-electron chi connectivity index (χ2n) is 7.25. The minimum atomic E-state index is -0.632. The summed E-state index contributed by atoms with van der Waals surface area (Å²) in [5.41, 5.74) is 5.10. The maximum absolute atomic E-state index is 12.6. The van der Waals surface area contributed by atoms with Gasteiger partial charge in [0.25, 0.3) is 5.91 Å². The Bertz CT molecular complexity index is 392. The van der Waals surface area contributed by atoms with Crippen LogP contribution in [0.25, 0.3) is 0 Å². The number of nitrogens with one attached hydrogen (secondary N) is 1. The molecule has 0 aromatic rings. The molecule has 1 aliphatic heterocycles. The Balaban J connectivity index is 2.04. The normalized spacial score (nSPS) is 31.0. The predicted octanol–water partition coefficient (Wildman–Crippen LogP) is 1.86. The lowest BCUT2D eigenvalue weighted by molar-refractivity contribution is -0.133. The molecule has 0 aromatic carbocycles. The minimum absolute atomic E-state index is 0.0386. The van der Waals surface area contributed by atoms with Crippen molar-refractivity contribution in [2.45, 2.75) is 58.4 Å². The van der Waals surface area contributed by atoms with Crippen molar-refractivity contribution in [2.24, 2.45) is 17.1 Å². The number of hydrogen-bond acceptors (Lipinski definition) is 3. The first-order valence-corrected chi connectivity index (χ1v) is 7.64. The van der Waals surface area contributed by atoms with Gasteiger partial charge in [0, 0.05) is 6.54 Å². The summed E-state index contributed by atoms with van der Waals surface area (Å²) in [4.78, 5) is 25.9. The van der Waals surface area contributed by atoms with E-state index in [4.69, 9.17) is 5.73 Å². The minimum Gasteiger partial charge on any atom is -0.330 e. The molecule has 3 amide bonds. The number of nitrogens with zero attached hydrogens (tertiary/aromatic N) is 1. The molecule has 2 rings (SSSR count). The number of amides is 3. The molecule has 1 spiro atoms. The van der Waals surface area contributed by atoms with Gasteiger partial charge in [-0.25, -0.2) is 4.79 Å². The standard InChI is InChI=1S/C15H27N3O2/c1-14(2,3)11-5-7-15(8-6-11)12(19)18(10-4-9-16)13(20)17-15/h11H,4-10,16H2,1-3H3,(H,17,20). The number of hydrogen-bond donors (Lipinski definition) is 2.